The van der Waals surface area contributed by atoms with Crippen LogP contribution in [0.1, 0.15) is 11.3 Å². The third-order valence-electron chi connectivity index (χ3n) is 2.51. The lowest BCUT2D eigenvalue weighted by Crippen LogP contribution is -2.12. The Morgan fingerprint density at radius 3 is 2.61 bits per heavy atom. The molecular formula is C13H14N4S. The van der Waals surface area contributed by atoms with Crippen LogP contribution in [0.5, 0.6) is 0 Å². The number of hydrogen-bond donors (Lipinski definition) is 2. The van der Waals surface area contributed by atoms with Crippen molar-refractivity contribution in [1.29, 1.82) is 0 Å². The molecule has 0 amide bonds. The van der Waals surface area contributed by atoms with E-state index in [9.17, 15) is 0 Å². The van der Waals surface area contributed by atoms with E-state index in [0.29, 0.717) is 10.7 Å². The van der Waals surface area contributed by atoms with E-state index in [2.05, 4.69) is 15.3 Å². The maximum atomic E-state index is 5.48. The molecule has 2 heterocycles. The Bertz CT molecular complexity index is 510. The van der Waals surface area contributed by atoms with Gasteiger partial charge in [-0.15, -0.1) is 0 Å². The third-order valence-corrected chi connectivity index (χ3v) is 2.72. The van der Waals surface area contributed by atoms with Crippen molar-refractivity contribution in [2.45, 2.75) is 6.42 Å². The van der Waals surface area contributed by atoms with Crippen LogP contribution in [-0.4, -0.2) is 21.5 Å². The van der Waals surface area contributed by atoms with Crippen molar-refractivity contribution in [1.82, 2.24) is 9.97 Å². The summed E-state index contributed by atoms with van der Waals surface area (Å²) >= 11 is 4.85. The minimum atomic E-state index is 0.318. The summed E-state index contributed by atoms with van der Waals surface area (Å²) in [6.45, 7) is 0.845. The first-order valence-corrected chi connectivity index (χ1v) is 6.05. The number of pyridine rings is 2. The second kappa shape index (κ2) is 6.07. The summed E-state index contributed by atoms with van der Waals surface area (Å²) in [5, 5.41) is 3.29. The number of thiocarbonyl (C=S) groups is 1. The van der Waals surface area contributed by atoms with E-state index >= 15 is 0 Å². The molecule has 0 bridgehead atoms. The molecule has 3 N–H and O–H groups in total. The summed E-state index contributed by atoms with van der Waals surface area (Å²) in [5.41, 5.74) is 8.34. The van der Waals surface area contributed by atoms with Crippen molar-refractivity contribution in [2.24, 2.45) is 5.73 Å². The summed E-state index contributed by atoms with van der Waals surface area (Å²) in [4.78, 5) is 8.47. The second-order valence-corrected chi connectivity index (χ2v) is 4.27. The number of aromatic nitrogens is 2. The molecule has 0 aliphatic heterocycles. The van der Waals surface area contributed by atoms with Gasteiger partial charge in [-0.1, -0.05) is 12.2 Å². The normalized spacial score (nSPS) is 10.0. The molecular weight excluding hydrogens is 244 g/mol. The summed E-state index contributed by atoms with van der Waals surface area (Å²) < 4.78 is 0. The second-order valence-electron chi connectivity index (χ2n) is 3.83. The zero-order chi connectivity index (χ0) is 12.8. The van der Waals surface area contributed by atoms with Crippen LogP contribution in [0.4, 0.5) is 5.69 Å². The minimum Gasteiger partial charge on any atom is -0.388 e. The molecule has 2 rings (SSSR count). The Morgan fingerprint density at radius 2 is 2.00 bits per heavy atom. The van der Waals surface area contributed by atoms with Crippen molar-refractivity contribution in [2.75, 3.05) is 11.9 Å². The van der Waals surface area contributed by atoms with Crippen LogP contribution in [0.2, 0.25) is 0 Å². The quantitative estimate of drug-likeness (QED) is 0.800. The van der Waals surface area contributed by atoms with Crippen molar-refractivity contribution in [3.05, 3.63) is 54.1 Å². The predicted octanol–water partition coefficient (Wildman–Crippen LogP) is 1.77. The van der Waals surface area contributed by atoms with Gasteiger partial charge in [0.05, 0.1) is 17.6 Å². The molecule has 5 heteroatoms. The van der Waals surface area contributed by atoms with Gasteiger partial charge in [0, 0.05) is 18.9 Å². The first-order chi connectivity index (χ1) is 8.75. The zero-order valence-corrected chi connectivity index (χ0v) is 10.7. The molecule has 92 valence electrons. The van der Waals surface area contributed by atoms with Crippen LogP contribution in [0.25, 0.3) is 0 Å². The van der Waals surface area contributed by atoms with Gasteiger partial charge in [-0.3, -0.25) is 9.97 Å². The van der Waals surface area contributed by atoms with Gasteiger partial charge in [0.1, 0.15) is 4.99 Å². The Morgan fingerprint density at radius 1 is 1.22 bits per heavy atom. The van der Waals surface area contributed by atoms with Crippen LogP contribution in [0, 0.1) is 0 Å². The lowest BCUT2D eigenvalue weighted by Gasteiger charge is -2.06. The molecule has 2 aromatic rings. The molecule has 0 fully saturated rings. The molecule has 0 aromatic carbocycles. The highest BCUT2D eigenvalue weighted by Gasteiger charge is 1.98. The Labute approximate surface area is 111 Å². The first kappa shape index (κ1) is 12.4. The molecule has 0 atom stereocenters. The Hall–Kier alpha value is -2.01. The van der Waals surface area contributed by atoms with Gasteiger partial charge in [-0.25, -0.2) is 0 Å². The van der Waals surface area contributed by atoms with Crippen LogP contribution >= 0.6 is 12.2 Å². The summed E-state index contributed by atoms with van der Waals surface area (Å²) in [6, 6.07) is 7.76. The smallest absolute Gasteiger partial charge is 0.122 e. The lowest BCUT2D eigenvalue weighted by molar-refractivity contribution is 1.01. The summed E-state index contributed by atoms with van der Waals surface area (Å²) in [6.07, 6.45) is 6.28. The number of rotatable bonds is 5. The molecule has 2 aromatic heterocycles. The summed E-state index contributed by atoms with van der Waals surface area (Å²) in [5.74, 6) is 0. The van der Waals surface area contributed by atoms with Crippen LogP contribution < -0.4 is 11.1 Å². The fourth-order valence-electron chi connectivity index (χ4n) is 1.54. The van der Waals surface area contributed by atoms with Gasteiger partial charge < -0.3 is 11.1 Å². The third kappa shape index (κ3) is 3.49. The van der Waals surface area contributed by atoms with Gasteiger partial charge >= 0.3 is 0 Å². The standard InChI is InChI=1S/C13H14N4S/c14-13(18)12-2-1-11(9-17-12)16-8-5-10-3-6-15-7-4-10/h1-4,6-7,9,16H,5,8H2,(H2,14,18). The molecule has 0 saturated carbocycles. The SMILES string of the molecule is NC(=S)c1ccc(NCCc2ccncc2)cn1. The van der Waals surface area contributed by atoms with Gasteiger partial charge in [0.25, 0.3) is 0 Å². The predicted molar refractivity (Wildman–Crippen MR) is 76.6 cm³/mol. The van der Waals surface area contributed by atoms with Gasteiger partial charge in [0.15, 0.2) is 0 Å². The van der Waals surface area contributed by atoms with Crippen molar-refractivity contribution < 1.29 is 0 Å². The first-order valence-electron chi connectivity index (χ1n) is 5.64. The maximum Gasteiger partial charge on any atom is 0.122 e. The van der Waals surface area contributed by atoms with Crippen LogP contribution in [0.15, 0.2) is 42.9 Å². The van der Waals surface area contributed by atoms with E-state index in [1.807, 2.05) is 24.3 Å². The van der Waals surface area contributed by atoms with Crippen molar-refractivity contribution >= 4 is 22.9 Å². The molecule has 0 saturated heterocycles. The number of hydrogen-bond acceptors (Lipinski definition) is 4. The fraction of sp³-hybridized carbons (Fsp3) is 0.154. The van der Waals surface area contributed by atoms with Crippen molar-refractivity contribution in [3.63, 3.8) is 0 Å². The zero-order valence-electron chi connectivity index (χ0n) is 9.84. The number of nitrogens with two attached hydrogens (primary N) is 1. The average Bonchev–Trinajstić information content (AvgIpc) is 2.40. The maximum absolute atomic E-state index is 5.48. The highest BCUT2D eigenvalue weighted by Crippen LogP contribution is 2.06. The molecule has 0 radical (unpaired) electrons. The molecule has 0 spiro atoms. The van der Waals surface area contributed by atoms with E-state index in [0.717, 1.165) is 18.7 Å². The molecule has 0 aliphatic rings. The molecule has 0 unspecified atom stereocenters. The Kier molecular flexibility index (Phi) is 4.20. The van der Waals surface area contributed by atoms with Gasteiger partial charge in [0.2, 0.25) is 0 Å². The largest absolute Gasteiger partial charge is 0.388 e. The molecule has 4 nitrogen and oxygen atoms in total. The van der Waals surface area contributed by atoms with E-state index in [4.69, 9.17) is 18.0 Å². The van der Waals surface area contributed by atoms with Crippen LogP contribution in [0.3, 0.4) is 0 Å². The van der Waals surface area contributed by atoms with E-state index in [-0.39, 0.29) is 0 Å². The number of nitrogens with one attached hydrogen (secondary N) is 1. The Balaban J connectivity index is 1.85. The minimum absolute atomic E-state index is 0.318. The van der Waals surface area contributed by atoms with Gasteiger partial charge in [-0.05, 0) is 36.2 Å². The van der Waals surface area contributed by atoms with Crippen LogP contribution in [-0.2, 0) is 6.42 Å². The van der Waals surface area contributed by atoms with Crippen molar-refractivity contribution in [3.8, 4) is 0 Å². The van der Waals surface area contributed by atoms with E-state index in [1.165, 1.54) is 5.56 Å². The van der Waals surface area contributed by atoms with E-state index in [1.54, 1.807) is 18.6 Å². The summed E-state index contributed by atoms with van der Waals surface area (Å²) in [7, 11) is 0. The number of nitrogens with zero attached hydrogens (tertiary/aromatic N) is 2. The highest BCUT2D eigenvalue weighted by atomic mass is 32.1. The molecule has 18 heavy (non-hydrogen) atoms. The average molecular weight is 258 g/mol. The fourth-order valence-corrected chi connectivity index (χ4v) is 1.67. The monoisotopic (exact) mass is 258 g/mol. The number of anilines is 1. The highest BCUT2D eigenvalue weighted by molar-refractivity contribution is 7.80. The van der Waals surface area contributed by atoms with Gasteiger partial charge in [-0.2, -0.15) is 0 Å². The topological polar surface area (TPSA) is 63.8 Å². The molecule has 0 aliphatic carbocycles. The lowest BCUT2D eigenvalue weighted by atomic mass is 10.2. The van der Waals surface area contributed by atoms with E-state index < -0.39 is 0 Å².